The Balaban J connectivity index is 1.96. The second-order valence-electron chi connectivity index (χ2n) is 7.31. The van der Waals surface area contributed by atoms with Crippen LogP contribution in [0.3, 0.4) is 0 Å². The maximum atomic E-state index is 6.52. The van der Waals surface area contributed by atoms with Crippen LogP contribution in [0.4, 0.5) is 0 Å². The van der Waals surface area contributed by atoms with Crippen LogP contribution in [-0.4, -0.2) is 12.4 Å². The summed E-state index contributed by atoms with van der Waals surface area (Å²) in [6, 6.07) is 23.0. The van der Waals surface area contributed by atoms with Crippen molar-refractivity contribution in [3.8, 4) is 0 Å². The largest absolute Gasteiger partial charge is 0.283 e. The summed E-state index contributed by atoms with van der Waals surface area (Å²) < 4.78 is 0. The minimum absolute atomic E-state index is 0.273. The van der Waals surface area contributed by atoms with Crippen molar-refractivity contribution in [3.05, 3.63) is 88.6 Å². The van der Waals surface area contributed by atoms with E-state index in [9.17, 15) is 0 Å². The van der Waals surface area contributed by atoms with Crippen LogP contribution in [0.15, 0.2) is 81.9 Å². The molecule has 0 saturated carbocycles. The third kappa shape index (κ3) is 2.90. The minimum atomic E-state index is -0.273. The zero-order valence-corrected chi connectivity index (χ0v) is 16.3. The van der Waals surface area contributed by atoms with Gasteiger partial charge in [0.2, 0.25) is 0 Å². The number of halogens is 1. The molecule has 3 aromatic carbocycles. The van der Waals surface area contributed by atoms with Gasteiger partial charge in [0, 0.05) is 11.0 Å². The summed E-state index contributed by atoms with van der Waals surface area (Å²) in [5.41, 5.74) is 5.12. The van der Waals surface area contributed by atoms with Gasteiger partial charge < -0.3 is 0 Å². The summed E-state index contributed by atoms with van der Waals surface area (Å²) in [5.74, 6) is 0. The number of rotatable bonds is 3. The van der Waals surface area contributed by atoms with E-state index in [4.69, 9.17) is 16.6 Å². The first-order chi connectivity index (χ1) is 13.0. The first kappa shape index (κ1) is 17.7. The van der Waals surface area contributed by atoms with E-state index in [0.29, 0.717) is 11.7 Å². The van der Waals surface area contributed by atoms with Gasteiger partial charge in [0.25, 0.3) is 0 Å². The van der Waals surface area contributed by atoms with Crippen molar-refractivity contribution >= 4 is 40.4 Å². The van der Waals surface area contributed by atoms with E-state index in [1.54, 1.807) is 0 Å². The molecule has 1 aliphatic carbocycles. The third-order valence-electron chi connectivity index (χ3n) is 5.26. The smallest absolute Gasteiger partial charge is 0.137 e. The van der Waals surface area contributed by atoms with Crippen molar-refractivity contribution in [1.82, 2.24) is 0 Å². The molecule has 0 radical (unpaired) electrons. The molecule has 1 aliphatic rings. The van der Waals surface area contributed by atoms with Crippen LogP contribution in [0.5, 0.6) is 0 Å². The molecule has 0 saturated heterocycles. The fourth-order valence-electron chi connectivity index (χ4n) is 4.03. The van der Waals surface area contributed by atoms with Crippen LogP contribution >= 0.6 is 11.6 Å². The van der Waals surface area contributed by atoms with Gasteiger partial charge in [0.15, 0.2) is 0 Å². The van der Waals surface area contributed by atoms with Gasteiger partial charge >= 0.3 is 0 Å². The number of fused-ring (bicyclic) bond motifs is 3. The molecule has 0 aliphatic heterocycles. The number of hydrogen-bond donors (Lipinski definition) is 0. The molecule has 4 rings (SSSR count). The lowest BCUT2D eigenvalue weighted by atomic mass is 9.82. The molecule has 3 heteroatoms. The van der Waals surface area contributed by atoms with Crippen molar-refractivity contribution in [2.45, 2.75) is 25.8 Å². The predicted octanol–water partition coefficient (Wildman–Crippen LogP) is 6.38. The Morgan fingerprint density at radius 1 is 0.963 bits per heavy atom. The molecule has 3 aromatic rings. The normalized spacial score (nSPS) is 18.6. The molecule has 27 heavy (non-hydrogen) atoms. The average Bonchev–Trinajstić information content (AvgIpc) is 2.93. The second-order valence-corrected chi connectivity index (χ2v) is 7.67. The van der Waals surface area contributed by atoms with E-state index >= 15 is 0 Å². The Hall–Kier alpha value is -2.71. The van der Waals surface area contributed by atoms with Crippen LogP contribution in [-0.2, 0) is 12.0 Å². The first-order valence-corrected chi connectivity index (χ1v) is 9.40. The highest BCUT2D eigenvalue weighted by Gasteiger charge is 2.42. The van der Waals surface area contributed by atoms with E-state index in [-0.39, 0.29) is 5.41 Å². The summed E-state index contributed by atoms with van der Waals surface area (Å²) in [6.07, 6.45) is 0. The van der Waals surface area contributed by atoms with Gasteiger partial charge in [-0.3, -0.25) is 9.98 Å². The minimum Gasteiger partial charge on any atom is -0.283 e. The molecule has 134 valence electrons. The number of allylic oxidation sites excluding steroid dienone is 1. The first-order valence-electron chi connectivity index (χ1n) is 9.02. The monoisotopic (exact) mass is 372 g/mol. The van der Waals surface area contributed by atoms with Gasteiger partial charge in [0.05, 0.1) is 12.3 Å². The quantitative estimate of drug-likeness (QED) is 0.376. The molecule has 0 heterocycles. The van der Waals surface area contributed by atoms with Crippen molar-refractivity contribution in [2.75, 3.05) is 0 Å². The molecular formula is C24H21ClN2. The molecule has 0 amide bonds. The summed E-state index contributed by atoms with van der Waals surface area (Å²) >= 11 is 6.52. The lowest BCUT2D eigenvalue weighted by Gasteiger charge is -2.22. The lowest BCUT2D eigenvalue weighted by Crippen LogP contribution is -2.24. The van der Waals surface area contributed by atoms with Crippen LogP contribution in [0, 0.1) is 0 Å². The zero-order chi connectivity index (χ0) is 19.0. The summed E-state index contributed by atoms with van der Waals surface area (Å²) in [5, 5.41) is 2.86. The lowest BCUT2D eigenvalue weighted by molar-refractivity contribution is 0.735. The van der Waals surface area contributed by atoms with Crippen LogP contribution < -0.4 is 0 Å². The Bertz CT molecular complexity index is 1090. The average molecular weight is 373 g/mol. The molecule has 0 atom stereocenters. The van der Waals surface area contributed by atoms with Crippen LogP contribution in [0.2, 0.25) is 0 Å². The summed E-state index contributed by atoms with van der Waals surface area (Å²) in [4.78, 5) is 9.04. The molecular weight excluding hydrogens is 352 g/mol. The Morgan fingerprint density at radius 2 is 1.67 bits per heavy atom. The van der Waals surface area contributed by atoms with E-state index in [2.05, 4.69) is 74.1 Å². The highest BCUT2D eigenvalue weighted by atomic mass is 35.5. The SMILES string of the molecule is C=N/C(Cl)=C1\C(=NCc2ccccc2)C(C)(C)c2c1ccc1ccccc21. The van der Waals surface area contributed by atoms with E-state index < -0.39 is 0 Å². The van der Waals surface area contributed by atoms with Crippen molar-refractivity contribution in [1.29, 1.82) is 0 Å². The van der Waals surface area contributed by atoms with Gasteiger partial charge in [-0.1, -0.05) is 92.2 Å². The highest BCUT2D eigenvalue weighted by molar-refractivity contribution is 6.44. The summed E-state index contributed by atoms with van der Waals surface area (Å²) in [7, 11) is 0. The zero-order valence-electron chi connectivity index (χ0n) is 15.5. The molecule has 0 aromatic heterocycles. The molecule has 0 N–H and O–H groups in total. The second kappa shape index (κ2) is 6.79. The Morgan fingerprint density at radius 3 is 2.41 bits per heavy atom. The highest BCUT2D eigenvalue weighted by Crippen LogP contribution is 2.48. The molecule has 0 bridgehead atoms. The maximum Gasteiger partial charge on any atom is 0.137 e. The third-order valence-corrected chi connectivity index (χ3v) is 5.57. The molecule has 2 nitrogen and oxygen atoms in total. The Labute approximate surface area is 164 Å². The molecule has 0 fully saturated rings. The topological polar surface area (TPSA) is 24.7 Å². The molecule has 0 spiro atoms. The predicted molar refractivity (Wildman–Crippen MR) is 117 cm³/mol. The van der Waals surface area contributed by atoms with Gasteiger partial charge in [-0.25, -0.2) is 0 Å². The molecule has 0 unspecified atom stereocenters. The number of hydrogen-bond acceptors (Lipinski definition) is 2. The fraction of sp³-hybridized carbons (Fsp3) is 0.167. The van der Waals surface area contributed by atoms with Gasteiger partial charge in [-0.05, 0) is 34.2 Å². The number of nitrogens with zero attached hydrogens (tertiary/aromatic N) is 2. The van der Waals surface area contributed by atoms with Crippen LogP contribution in [0.25, 0.3) is 16.3 Å². The number of aliphatic imine (C=N–C) groups is 2. The maximum absolute atomic E-state index is 6.52. The van der Waals surface area contributed by atoms with Crippen LogP contribution in [0.1, 0.15) is 30.5 Å². The van der Waals surface area contributed by atoms with Crippen molar-refractivity contribution in [3.63, 3.8) is 0 Å². The van der Waals surface area contributed by atoms with E-state index in [0.717, 1.165) is 16.8 Å². The van der Waals surface area contributed by atoms with E-state index in [1.165, 1.54) is 21.9 Å². The fourth-order valence-corrected chi connectivity index (χ4v) is 4.22. The standard InChI is InChI=1S/C24H21ClN2/c1-24(2)21-18-12-8-7-11-17(18)13-14-19(21)20(23(25)26-3)22(24)27-15-16-9-5-4-6-10-16/h4-14H,3,15H2,1-2H3/b23-20-,27-22?. The van der Waals surface area contributed by atoms with Gasteiger partial charge in [-0.15, -0.1) is 0 Å². The summed E-state index contributed by atoms with van der Waals surface area (Å²) in [6.45, 7) is 8.67. The van der Waals surface area contributed by atoms with E-state index in [1.807, 2.05) is 18.2 Å². The van der Waals surface area contributed by atoms with Crippen molar-refractivity contribution in [2.24, 2.45) is 9.98 Å². The van der Waals surface area contributed by atoms with Crippen molar-refractivity contribution < 1.29 is 0 Å². The Kier molecular flexibility index (Phi) is 4.45. The van der Waals surface area contributed by atoms with Gasteiger partial charge in [0.1, 0.15) is 5.16 Å². The van der Waals surface area contributed by atoms with Gasteiger partial charge in [-0.2, -0.15) is 0 Å². The number of benzene rings is 3.